The Morgan fingerprint density at radius 2 is 1.63 bits per heavy atom. The summed E-state index contributed by atoms with van der Waals surface area (Å²) in [6.45, 7) is 3.65. The lowest BCUT2D eigenvalue weighted by Crippen LogP contribution is -2.36. The number of rotatable bonds is 2. The lowest BCUT2D eigenvalue weighted by atomic mass is 10.3. The molecule has 2 aromatic rings. The number of benzene rings is 1. The van der Waals surface area contributed by atoms with Crippen molar-refractivity contribution in [3.63, 3.8) is 0 Å². The molecule has 1 aromatic carbocycles. The van der Waals surface area contributed by atoms with Gasteiger partial charge < -0.3 is 0 Å². The molecular weight excluding hydrogens is 284 g/mol. The summed E-state index contributed by atoms with van der Waals surface area (Å²) in [5.74, 6) is 0. The Balaban J connectivity index is 2.58. The minimum atomic E-state index is -3.50. The predicted molar refractivity (Wildman–Crippen MR) is 74.4 cm³/mol. The molecule has 2 rings (SSSR count). The van der Waals surface area contributed by atoms with E-state index < -0.39 is 10.0 Å². The lowest BCUT2D eigenvalue weighted by molar-refractivity contribution is -0.688. The first-order chi connectivity index (χ1) is 8.90. The van der Waals surface area contributed by atoms with Crippen molar-refractivity contribution < 1.29 is 13.4 Å². The van der Waals surface area contributed by atoms with E-state index in [4.69, 9.17) is 11.6 Å². The van der Waals surface area contributed by atoms with Gasteiger partial charge in [0.15, 0.2) is 0 Å². The van der Waals surface area contributed by atoms with E-state index in [0.29, 0.717) is 5.02 Å². The van der Waals surface area contributed by atoms with Crippen LogP contribution in [0.2, 0.25) is 5.02 Å². The first-order valence-electron chi connectivity index (χ1n) is 5.64. The molecule has 100 valence electrons. The number of halogens is 1. The van der Waals surface area contributed by atoms with E-state index in [1.807, 2.05) is 32.0 Å². The highest BCUT2D eigenvalue weighted by Crippen LogP contribution is 2.15. The second-order valence-corrected chi connectivity index (χ2v) is 6.22. The van der Waals surface area contributed by atoms with Crippen LogP contribution in [0.5, 0.6) is 0 Å². The molecular formula is C13H14ClN2O2S+. The average Bonchev–Trinajstić information content (AvgIpc) is 2.35. The largest absolute Gasteiger partial charge is 0.293 e. The third kappa shape index (κ3) is 3.12. The second kappa shape index (κ2) is 5.28. The van der Waals surface area contributed by atoms with Crippen molar-refractivity contribution in [2.45, 2.75) is 18.7 Å². The van der Waals surface area contributed by atoms with Gasteiger partial charge in [-0.1, -0.05) is 11.6 Å². The first kappa shape index (κ1) is 14.0. The summed E-state index contributed by atoms with van der Waals surface area (Å²) in [6.07, 6.45) is 0. The smallest absolute Gasteiger partial charge is 0.253 e. The average molecular weight is 298 g/mol. The fourth-order valence-corrected chi connectivity index (χ4v) is 2.83. The second-order valence-electron chi connectivity index (χ2n) is 4.15. The van der Waals surface area contributed by atoms with Crippen LogP contribution in [0.1, 0.15) is 11.4 Å². The van der Waals surface area contributed by atoms with Crippen LogP contribution >= 0.6 is 11.6 Å². The van der Waals surface area contributed by atoms with Crippen molar-refractivity contribution in [2.24, 2.45) is 4.47 Å². The van der Waals surface area contributed by atoms with E-state index in [1.165, 1.54) is 16.8 Å². The van der Waals surface area contributed by atoms with Gasteiger partial charge in [-0.15, -0.1) is 0 Å². The Morgan fingerprint density at radius 3 is 2.16 bits per heavy atom. The molecule has 1 heterocycles. The summed E-state index contributed by atoms with van der Waals surface area (Å²) in [5, 5.41) is 0.513. The third-order valence-corrected chi connectivity index (χ3v) is 4.18. The van der Waals surface area contributed by atoms with Crippen molar-refractivity contribution in [3.05, 3.63) is 58.9 Å². The molecule has 1 N–H and O–H groups in total. The van der Waals surface area contributed by atoms with Crippen molar-refractivity contribution >= 4 is 21.6 Å². The molecule has 0 aliphatic carbocycles. The van der Waals surface area contributed by atoms with Crippen LogP contribution < -0.4 is 4.68 Å². The van der Waals surface area contributed by atoms with Crippen molar-refractivity contribution in [3.8, 4) is 0 Å². The topological polar surface area (TPSA) is 53.5 Å². The molecule has 4 nitrogen and oxygen atoms in total. The van der Waals surface area contributed by atoms with Gasteiger partial charge in [-0.3, -0.25) is 4.55 Å². The summed E-state index contributed by atoms with van der Waals surface area (Å²) in [7, 11) is -3.50. The van der Waals surface area contributed by atoms with Crippen LogP contribution in [0.25, 0.3) is 0 Å². The number of hydrogen-bond donors (Lipinski definition) is 1. The van der Waals surface area contributed by atoms with Crippen molar-refractivity contribution in [1.29, 1.82) is 0 Å². The van der Waals surface area contributed by atoms with Crippen LogP contribution in [0.4, 0.5) is 0 Å². The highest BCUT2D eigenvalue weighted by molar-refractivity contribution is 7.88. The van der Waals surface area contributed by atoms with E-state index in [-0.39, 0.29) is 4.90 Å². The molecule has 0 aliphatic rings. The van der Waals surface area contributed by atoms with Gasteiger partial charge >= 0.3 is 0 Å². The zero-order valence-electron chi connectivity index (χ0n) is 10.6. The molecule has 1 atom stereocenters. The maximum absolute atomic E-state index is 12.3. The molecule has 6 heteroatoms. The first-order valence-corrected chi connectivity index (χ1v) is 7.49. The molecule has 19 heavy (non-hydrogen) atoms. The van der Waals surface area contributed by atoms with Crippen LogP contribution in [-0.2, 0) is 10.0 Å². The SMILES string of the molecule is Cc1cccc(C)[n+]1N=S(=O)(O)c1ccc(Cl)cc1. The summed E-state index contributed by atoms with van der Waals surface area (Å²) in [4.78, 5) is 0.229. The Morgan fingerprint density at radius 1 is 1.11 bits per heavy atom. The van der Waals surface area contributed by atoms with Gasteiger partial charge in [0, 0.05) is 31.0 Å². The van der Waals surface area contributed by atoms with E-state index in [9.17, 15) is 8.76 Å². The number of aromatic nitrogens is 1. The van der Waals surface area contributed by atoms with Crippen LogP contribution in [0, 0.1) is 13.8 Å². The van der Waals surface area contributed by atoms with Gasteiger partial charge in [-0.05, 0) is 35.0 Å². The molecule has 1 unspecified atom stereocenters. The number of nitrogens with zero attached hydrogens (tertiary/aromatic N) is 2. The Hall–Kier alpha value is -1.43. The molecule has 0 bridgehead atoms. The summed E-state index contributed by atoms with van der Waals surface area (Å²) >= 11 is 5.76. The monoisotopic (exact) mass is 297 g/mol. The summed E-state index contributed by atoms with van der Waals surface area (Å²) in [5.41, 5.74) is 1.58. The van der Waals surface area contributed by atoms with Crippen LogP contribution in [0.15, 0.2) is 51.8 Å². The van der Waals surface area contributed by atoms with Gasteiger partial charge in [0.2, 0.25) is 11.4 Å². The summed E-state index contributed by atoms with van der Waals surface area (Å²) < 4.78 is 27.8. The van der Waals surface area contributed by atoms with Gasteiger partial charge in [-0.2, -0.15) is 0 Å². The van der Waals surface area contributed by atoms with Gasteiger partial charge in [0.05, 0.1) is 9.37 Å². The fraction of sp³-hybridized carbons (Fsp3) is 0.154. The molecule has 0 saturated heterocycles. The maximum Gasteiger partial charge on any atom is 0.253 e. The van der Waals surface area contributed by atoms with E-state index in [0.717, 1.165) is 11.4 Å². The maximum atomic E-state index is 12.3. The molecule has 0 radical (unpaired) electrons. The fourth-order valence-electron chi connectivity index (χ4n) is 1.64. The van der Waals surface area contributed by atoms with Crippen molar-refractivity contribution in [2.75, 3.05) is 0 Å². The number of pyridine rings is 1. The van der Waals surface area contributed by atoms with E-state index in [2.05, 4.69) is 4.47 Å². The molecule has 0 fully saturated rings. The Labute approximate surface area is 117 Å². The van der Waals surface area contributed by atoms with E-state index >= 15 is 0 Å². The minimum Gasteiger partial charge on any atom is -0.293 e. The third-order valence-electron chi connectivity index (χ3n) is 2.66. The quantitative estimate of drug-likeness (QED) is 0.866. The zero-order chi connectivity index (χ0) is 14.0. The van der Waals surface area contributed by atoms with Crippen molar-refractivity contribution in [1.82, 2.24) is 0 Å². The van der Waals surface area contributed by atoms with Crippen LogP contribution in [0.3, 0.4) is 0 Å². The standard InChI is InChI=1S/C13H13ClN2O2S/c1-10-4-3-5-11(2)16(10)15-19(17,18)13-8-6-12(14)7-9-13/h3-9H,1-2H3/p+1. The molecule has 0 amide bonds. The normalized spacial score (nSPS) is 13.9. The summed E-state index contributed by atoms with van der Waals surface area (Å²) in [6, 6.07) is 11.7. The Kier molecular flexibility index (Phi) is 3.89. The van der Waals surface area contributed by atoms with Gasteiger partial charge in [0.1, 0.15) is 0 Å². The Bertz CT molecular complexity index is 700. The van der Waals surface area contributed by atoms with E-state index in [1.54, 1.807) is 12.1 Å². The van der Waals surface area contributed by atoms with Gasteiger partial charge in [-0.25, -0.2) is 4.21 Å². The molecule has 1 aromatic heterocycles. The van der Waals surface area contributed by atoms with Crippen LogP contribution in [-0.4, -0.2) is 8.76 Å². The molecule has 0 saturated carbocycles. The zero-order valence-corrected chi connectivity index (χ0v) is 12.1. The van der Waals surface area contributed by atoms with Gasteiger partial charge in [0.25, 0.3) is 10.0 Å². The lowest BCUT2D eigenvalue weighted by Gasteiger charge is -2.01. The number of aryl methyl sites for hydroxylation is 2. The highest BCUT2D eigenvalue weighted by Gasteiger charge is 2.17. The predicted octanol–water partition coefficient (Wildman–Crippen LogP) is 3.01. The molecule has 0 spiro atoms. The molecule has 0 aliphatic heterocycles. The minimum absolute atomic E-state index is 0.229. The highest BCUT2D eigenvalue weighted by atomic mass is 35.5. The number of hydrogen-bond acceptors (Lipinski definition) is 2.